The number of nitrogens with zero attached hydrogens (tertiary/aromatic N) is 2. The molecule has 1 fully saturated rings. The van der Waals surface area contributed by atoms with E-state index in [1.807, 2.05) is 18.2 Å². The second kappa shape index (κ2) is 8.75. The van der Waals surface area contributed by atoms with E-state index < -0.39 is 17.5 Å². The van der Waals surface area contributed by atoms with Crippen molar-refractivity contribution in [2.24, 2.45) is 0 Å². The average Bonchev–Trinajstić information content (AvgIpc) is 3.60. The zero-order valence-electron chi connectivity index (χ0n) is 17.4. The molecule has 0 heterocycles. The molecule has 8 heteroatoms. The molecule has 2 aliphatic carbocycles. The summed E-state index contributed by atoms with van der Waals surface area (Å²) in [6.07, 6.45) is 4.79. The lowest BCUT2D eigenvalue weighted by atomic mass is 9.87. The third kappa shape index (κ3) is 4.68. The van der Waals surface area contributed by atoms with Gasteiger partial charge in [-0.15, -0.1) is 0 Å². The monoisotopic (exact) mass is 423 g/mol. The molecule has 4 rings (SSSR count). The second-order valence-electron chi connectivity index (χ2n) is 8.10. The van der Waals surface area contributed by atoms with E-state index in [4.69, 9.17) is 4.74 Å². The van der Waals surface area contributed by atoms with Crippen LogP contribution in [-0.4, -0.2) is 41.4 Å². The number of carbonyl (C=O) groups excluding carboxylic acids is 2. The highest BCUT2D eigenvalue weighted by atomic mass is 16.6. The van der Waals surface area contributed by atoms with Gasteiger partial charge in [0.25, 0.3) is 11.6 Å². The van der Waals surface area contributed by atoms with Crippen LogP contribution in [0.3, 0.4) is 0 Å². The van der Waals surface area contributed by atoms with Crippen LogP contribution in [0.2, 0.25) is 0 Å². The quantitative estimate of drug-likeness (QED) is 0.412. The van der Waals surface area contributed by atoms with E-state index in [0.717, 1.165) is 37.7 Å². The lowest BCUT2D eigenvalue weighted by molar-refractivity contribution is -0.384. The molecule has 0 spiro atoms. The summed E-state index contributed by atoms with van der Waals surface area (Å²) in [7, 11) is 1.71. The number of amides is 1. The molecular weight excluding hydrogens is 398 g/mol. The number of nitro groups is 1. The Morgan fingerprint density at radius 1 is 1.19 bits per heavy atom. The zero-order valence-corrected chi connectivity index (χ0v) is 17.4. The van der Waals surface area contributed by atoms with E-state index in [1.54, 1.807) is 11.9 Å². The Hall–Kier alpha value is -3.42. The zero-order chi connectivity index (χ0) is 22.0. The SMILES string of the molecule is CN(C(=O)COC(=O)c1ccc(NC2CC2)c([N+](=O)[O-])c1)[C@H]1CCCc2ccccc21. The second-order valence-corrected chi connectivity index (χ2v) is 8.10. The van der Waals surface area contributed by atoms with Gasteiger partial charge in [0.1, 0.15) is 5.69 Å². The van der Waals surface area contributed by atoms with Gasteiger partial charge in [-0.2, -0.15) is 0 Å². The van der Waals surface area contributed by atoms with E-state index in [9.17, 15) is 19.7 Å². The highest BCUT2D eigenvalue weighted by Gasteiger charge is 2.28. The highest BCUT2D eigenvalue weighted by Crippen LogP contribution is 2.34. The van der Waals surface area contributed by atoms with Crippen molar-refractivity contribution in [1.29, 1.82) is 0 Å². The number of nitro benzene ring substituents is 1. The first kappa shape index (κ1) is 20.8. The minimum atomic E-state index is -0.758. The molecule has 31 heavy (non-hydrogen) atoms. The highest BCUT2D eigenvalue weighted by molar-refractivity contribution is 5.93. The summed E-state index contributed by atoms with van der Waals surface area (Å²) in [4.78, 5) is 37.6. The van der Waals surface area contributed by atoms with Crippen LogP contribution in [0.1, 0.15) is 53.2 Å². The summed E-state index contributed by atoms with van der Waals surface area (Å²) in [5.74, 6) is -1.07. The molecule has 1 atom stereocenters. The van der Waals surface area contributed by atoms with Gasteiger partial charge >= 0.3 is 5.97 Å². The number of rotatable bonds is 7. The van der Waals surface area contributed by atoms with Gasteiger partial charge in [-0.1, -0.05) is 24.3 Å². The molecule has 1 saturated carbocycles. The molecule has 0 radical (unpaired) electrons. The van der Waals surface area contributed by atoms with Gasteiger partial charge in [0, 0.05) is 19.2 Å². The summed E-state index contributed by atoms with van der Waals surface area (Å²) >= 11 is 0. The molecule has 0 aliphatic heterocycles. The minimum Gasteiger partial charge on any atom is -0.452 e. The van der Waals surface area contributed by atoms with Crippen LogP contribution in [0.4, 0.5) is 11.4 Å². The fraction of sp³-hybridized carbons (Fsp3) is 0.391. The third-order valence-electron chi connectivity index (χ3n) is 5.89. The molecule has 2 aliphatic rings. The first-order chi connectivity index (χ1) is 14.9. The number of esters is 1. The molecular formula is C23H25N3O5. The normalized spacial score (nSPS) is 17.4. The Balaban J connectivity index is 1.40. The van der Waals surface area contributed by atoms with Crippen LogP contribution >= 0.6 is 0 Å². The molecule has 0 bridgehead atoms. The molecule has 1 amide bonds. The molecule has 0 saturated heterocycles. The summed E-state index contributed by atoms with van der Waals surface area (Å²) in [5.41, 5.74) is 2.62. The van der Waals surface area contributed by atoms with Gasteiger partial charge < -0.3 is 15.0 Å². The largest absolute Gasteiger partial charge is 0.452 e. The fourth-order valence-corrected chi connectivity index (χ4v) is 4.00. The molecule has 0 unspecified atom stereocenters. The van der Waals surface area contributed by atoms with Crippen molar-refractivity contribution in [2.45, 2.75) is 44.2 Å². The van der Waals surface area contributed by atoms with E-state index in [-0.39, 0.29) is 29.2 Å². The van der Waals surface area contributed by atoms with Crippen molar-refractivity contribution in [3.8, 4) is 0 Å². The summed E-state index contributed by atoms with van der Waals surface area (Å²) in [6, 6.07) is 12.4. The average molecular weight is 423 g/mol. The van der Waals surface area contributed by atoms with Gasteiger partial charge in [-0.05, 0) is 55.4 Å². The van der Waals surface area contributed by atoms with E-state index in [0.29, 0.717) is 5.69 Å². The van der Waals surface area contributed by atoms with Crippen LogP contribution < -0.4 is 5.32 Å². The number of fused-ring (bicyclic) bond motifs is 1. The number of anilines is 1. The smallest absolute Gasteiger partial charge is 0.338 e. The van der Waals surface area contributed by atoms with Crippen molar-refractivity contribution in [1.82, 2.24) is 4.90 Å². The van der Waals surface area contributed by atoms with E-state index in [2.05, 4.69) is 11.4 Å². The predicted molar refractivity (Wildman–Crippen MR) is 115 cm³/mol. The standard InChI is InChI=1S/C23H25N3O5/c1-25(20-8-4-6-15-5-2-3-7-18(15)20)22(27)14-31-23(28)16-9-12-19(24-17-10-11-17)21(13-16)26(29)30/h2-3,5,7,9,12-13,17,20,24H,4,6,8,10-11,14H2,1H3/t20-/m0/s1. The topological polar surface area (TPSA) is 102 Å². The van der Waals surface area contributed by atoms with E-state index in [1.165, 1.54) is 23.8 Å². The molecule has 2 aromatic carbocycles. The van der Waals surface area contributed by atoms with Gasteiger partial charge in [-0.3, -0.25) is 14.9 Å². The molecule has 2 aromatic rings. The number of hydrogen-bond acceptors (Lipinski definition) is 6. The molecule has 8 nitrogen and oxygen atoms in total. The van der Waals surface area contributed by atoms with Crippen molar-refractivity contribution in [2.75, 3.05) is 19.0 Å². The van der Waals surface area contributed by atoms with Gasteiger partial charge in [-0.25, -0.2) is 4.79 Å². The number of nitrogens with one attached hydrogen (secondary N) is 1. The first-order valence-corrected chi connectivity index (χ1v) is 10.5. The minimum absolute atomic E-state index is 0.0477. The third-order valence-corrected chi connectivity index (χ3v) is 5.89. The maximum Gasteiger partial charge on any atom is 0.338 e. The summed E-state index contributed by atoms with van der Waals surface area (Å²) in [5, 5.41) is 14.5. The van der Waals surface area contributed by atoms with E-state index >= 15 is 0 Å². The number of benzene rings is 2. The van der Waals surface area contributed by atoms with Gasteiger partial charge in [0.2, 0.25) is 0 Å². The number of hydrogen-bond donors (Lipinski definition) is 1. The maximum absolute atomic E-state index is 12.7. The number of likely N-dealkylation sites (N-methyl/N-ethyl adjacent to an activating group) is 1. The number of aryl methyl sites for hydroxylation is 1. The lowest BCUT2D eigenvalue weighted by Gasteiger charge is -2.33. The molecule has 162 valence electrons. The van der Waals surface area contributed by atoms with Crippen LogP contribution in [0, 0.1) is 10.1 Å². The Labute approximate surface area is 180 Å². The van der Waals surface area contributed by atoms with Crippen molar-refractivity contribution < 1.29 is 19.2 Å². The fourth-order valence-electron chi connectivity index (χ4n) is 4.00. The maximum atomic E-state index is 12.7. The Kier molecular flexibility index (Phi) is 5.88. The molecule has 0 aromatic heterocycles. The van der Waals surface area contributed by atoms with Gasteiger partial charge in [0.15, 0.2) is 6.61 Å². The van der Waals surface area contributed by atoms with Crippen molar-refractivity contribution in [3.63, 3.8) is 0 Å². The number of ether oxygens (including phenoxy) is 1. The van der Waals surface area contributed by atoms with Crippen LogP contribution in [-0.2, 0) is 16.0 Å². The molecule has 1 N–H and O–H groups in total. The Morgan fingerprint density at radius 2 is 1.97 bits per heavy atom. The van der Waals surface area contributed by atoms with Crippen LogP contribution in [0.5, 0.6) is 0 Å². The number of carbonyl (C=O) groups is 2. The summed E-state index contributed by atoms with van der Waals surface area (Å²) in [6.45, 7) is -0.413. The first-order valence-electron chi connectivity index (χ1n) is 10.5. The summed E-state index contributed by atoms with van der Waals surface area (Å²) < 4.78 is 5.18. The van der Waals surface area contributed by atoms with Crippen molar-refractivity contribution in [3.05, 3.63) is 69.3 Å². The van der Waals surface area contributed by atoms with Crippen molar-refractivity contribution >= 4 is 23.3 Å². The Morgan fingerprint density at radius 3 is 2.71 bits per heavy atom. The lowest BCUT2D eigenvalue weighted by Crippen LogP contribution is -2.36. The van der Waals surface area contributed by atoms with Crippen LogP contribution in [0.15, 0.2) is 42.5 Å². The van der Waals surface area contributed by atoms with Crippen LogP contribution in [0.25, 0.3) is 0 Å². The Bertz CT molecular complexity index is 1020. The van der Waals surface area contributed by atoms with Gasteiger partial charge in [0.05, 0.1) is 16.5 Å². The predicted octanol–water partition coefficient (Wildman–Crippen LogP) is 3.86.